The van der Waals surface area contributed by atoms with Gasteiger partial charge in [0.1, 0.15) is 17.3 Å². The summed E-state index contributed by atoms with van der Waals surface area (Å²) in [6.45, 7) is 7.86. The fraction of sp³-hybridized carbons (Fsp3) is 0.441. The number of hydrogen-bond acceptors (Lipinski definition) is 6. The molecule has 0 radical (unpaired) electrons. The van der Waals surface area contributed by atoms with Crippen LogP contribution < -0.4 is 10.5 Å². The summed E-state index contributed by atoms with van der Waals surface area (Å²) < 4.78 is 20.2. The molecule has 236 valence electrons. The molecule has 10 heteroatoms. The second kappa shape index (κ2) is 14.9. The van der Waals surface area contributed by atoms with Gasteiger partial charge in [0, 0.05) is 60.4 Å². The molecule has 0 saturated carbocycles. The lowest BCUT2D eigenvalue weighted by Gasteiger charge is -2.39. The lowest BCUT2D eigenvalue weighted by Crippen LogP contribution is -2.55. The summed E-state index contributed by atoms with van der Waals surface area (Å²) in [6, 6.07) is 15.2. The molecule has 2 heterocycles. The van der Waals surface area contributed by atoms with Crippen molar-refractivity contribution in [2.75, 3.05) is 52.4 Å². The van der Waals surface area contributed by atoms with Gasteiger partial charge in [-0.1, -0.05) is 35.3 Å². The monoisotopic (exact) mass is 642 g/mol. The number of hydrogen-bond donors (Lipinski definition) is 2. The highest BCUT2D eigenvalue weighted by atomic mass is 35.5. The minimum Gasteiger partial charge on any atom is -0.507 e. The molecule has 0 bridgehead atoms. The van der Waals surface area contributed by atoms with E-state index in [1.54, 1.807) is 30.3 Å². The maximum absolute atomic E-state index is 14.5. The van der Waals surface area contributed by atoms with Gasteiger partial charge < -0.3 is 25.4 Å². The van der Waals surface area contributed by atoms with Gasteiger partial charge in [-0.3, -0.25) is 9.69 Å². The molecule has 7 nitrogen and oxygen atoms in total. The maximum atomic E-state index is 14.5. The van der Waals surface area contributed by atoms with Crippen LogP contribution in [0.2, 0.25) is 10.0 Å². The number of phenols is 1. The number of piperazine rings is 1. The Morgan fingerprint density at radius 1 is 0.977 bits per heavy atom. The van der Waals surface area contributed by atoms with Gasteiger partial charge in [-0.05, 0) is 98.8 Å². The van der Waals surface area contributed by atoms with E-state index in [2.05, 4.69) is 9.80 Å². The summed E-state index contributed by atoms with van der Waals surface area (Å²) in [6.07, 6.45) is 2.48. The first-order valence-electron chi connectivity index (χ1n) is 15.4. The number of carbonyl (C=O) groups is 1. The van der Waals surface area contributed by atoms with E-state index in [1.165, 1.54) is 6.07 Å². The van der Waals surface area contributed by atoms with Gasteiger partial charge >= 0.3 is 0 Å². The predicted molar refractivity (Wildman–Crippen MR) is 174 cm³/mol. The number of rotatable bonds is 10. The van der Waals surface area contributed by atoms with Gasteiger partial charge in [-0.15, -0.1) is 0 Å². The number of benzene rings is 3. The van der Waals surface area contributed by atoms with E-state index in [9.17, 15) is 14.3 Å². The van der Waals surface area contributed by atoms with Crippen molar-refractivity contribution in [3.8, 4) is 22.6 Å². The lowest BCUT2D eigenvalue weighted by molar-refractivity contribution is -0.136. The van der Waals surface area contributed by atoms with E-state index in [0.29, 0.717) is 66.3 Å². The third-order valence-corrected chi connectivity index (χ3v) is 9.35. The Balaban J connectivity index is 1.10. The van der Waals surface area contributed by atoms with Gasteiger partial charge in [-0.2, -0.15) is 0 Å². The highest BCUT2D eigenvalue weighted by Gasteiger charge is 2.33. The van der Waals surface area contributed by atoms with E-state index in [1.807, 2.05) is 30.0 Å². The van der Waals surface area contributed by atoms with Crippen LogP contribution in [0.15, 0.2) is 54.6 Å². The van der Waals surface area contributed by atoms with Gasteiger partial charge in [0.25, 0.3) is 0 Å². The maximum Gasteiger partial charge on any atom is 0.239 e. The Hall–Kier alpha value is -2.88. The molecule has 2 aliphatic rings. The topological polar surface area (TPSA) is 82.3 Å². The highest BCUT2D eigenvalue weighted by molar-refractivity contribution is 6.31. The quantitative estimate of drug-likeness (QED) is 0.290. The molecule has 2 fully saturated rings. The van der Waals surface area contributed by atoms with Crippen molar-refractivity contribution in [2.45, 2.75) is 38.8 Å². The van der Waals surface area contributed by atoms with Crippen LogP contribution in [-0.2, 0) is 17.8 Å². The Labute approximate surface area is 269 Å². The zero-order valence-corrected chi connectivity index (χ0v) is 26.7. The van der Waals surface area contributed by atoms with Gasteiger partial charge in [0.05, 0.1) is 12.6 Å². The largest absolute Gasteiger partial charge is 0.507 e. The van der Waals surface area contributed by atoms with Crippen molar-refractivity contribution in [3.63, 3.8) is 0 Å². The Morgan fingerprint density at radius 2 is 1.68 bits per heavy atom. The van der Waals surface area contributed by atoms with E-state index in [4.69, 9.17) is 33.7 Å². The summed E-state index contributed by atoms with van der Waals surface area (Å²) in [5.74, 6) is 0.631. The number of piperidine rings is 1. The number of ether oxygens (including phenoxy) is 1. The Kier molecular flexibility index (Phi) is 11.0. The zero-order chi connectivity index (χ0) is 31.2. The molecular formula is C34H41Cl2FN4O3. The molecule has 0 aromatic heterocycles. The Morgan fingerprint density at radius 3 is 2.41 bits per heavy atom. The predicted octanol–water partition coefficient (Wildman–Crippen LogP) is 5.83. The fourth-order valence-electron chi connectivity index (χ4n) is 6.32. The Bertz CT molecular complexity index is 1440. The molecule has 0 spiro atoms. The van der Waals surface area contributed by atoms with Crippen molar-refractivity contribution < 1.29 is 19.0 Å². The average Bonchev–Trinajstić information content (AvgIpc) is 3.03. The smallest absolute Gasteiger partial charge is 0.239 e. The van der Waals surface area contributed by atoms with Crippen LogP contribution in [-0.4, -0.2) is 84.2 Å². The first-order chi connectivity index (χ1) is 21.2. The van der Waals surface area contributed by atoms with Gasteiger partial charge in [-0.25, -0.2) is 4.39 Å². The summed E-state index contributed by atoms with van der Waals surface area (Å²) in [5.41, 5.74) is 9.77. The first-order valence-corrected chi connectivity index (χ1v) is 16.2. The van der Waals surface area contributed by atoms with Crippen LogP contribution in [0.25, 0.3) is 11.1 Å². The molecule has 2 aliphatic heterocycles. The zero-order valence-electron chi connectivity index (χ0n) is 25.2. The number of nitrogens with two attached hydrogens (primary N) is 1. The van der Waals surface area contributed by atoms with Crippen LogP contribution in [0.4, 0.5) is 4.39 Å². The SMILES string of the molecule is CCOc1cccc(F)c1CN1CCN(C(=O)[C@H](N)C2CCN(CCc3cc(Cl)ccc3-c3cc(Cl)ccc3O)CC2)CC1. The molecule has 3 aromatic carbocycles. The van der Waals surface area contributed by atoms with E-state index < -0.39 is 6.04 Å². The number of halogens is 3. The third kappa shape index (κ3) is 7.85. The van der Waals surface area contributed by atoms with E-state index in [-0.39, 0.29) is 23.4 Å². The lowest BCUT2D eigenvalue weighted by atomic mass is 9.88. The number of likely N-dealkylation sites (tertiary alicyclic amines) is 1. The van der Waals surface area contributed by atoms with Gasteiger partial charge in [0.15, 0.2) is 0 Å². The molecule has 1 amide bonds. The van der Waals surface area contributed by atoms with Crippen LogP contribution in [0, 0.1) is 11.7 Å². The summed E-state index contributed by atoms with van der Waals surface area (Å²) in [5, 5.41) is 11.7. The van der Waals surface area contributed by atoms with Crippen molar-refractivity contribution in [1.29, 1.82) is 0 Å². The number of nitrogens with zero attached hydrogens (tertiary/aromatic N) is 3. The first kappa shape index (κ1) is 32.5. The standard InChI is InChI=1S/C34H41Cl2FN4O3/c1-2-44-32-5-3-4-30(37)29(32)22-40-16-18-41(19-17-40)34(43)33(38)23-10-13-39(14-11-23)15-12-24-20-25(35)6-8-27(24)28-21-26(36)7-9-31(28)42/h3-9,20-21,23,33,42H,2,10-19,22,38H2,1H3/t33-/m1/s1. The van der Waals surface area contributed by atoms with Crippen LogP contribution in [0.3, 0.4) is 0 Å². The molecule has 1 atom stereocenters. The van der Waals surface area contributed by atoms with Crippen LogP contribution >= 0.6 is 23.2 Å². The van der Waals surface area contributed by atoms with Crippen molar-refractivity contribution in [1.82, 2.24) is 14.7 Å². The second-order valence-electron chi connectivity index (χ2n) is 11.7. The van der Waals surface area contributed by atoms with Crippen molar-refractivity contribution in [3.05, 3.63) is 81.6 Å². The van der Waals surface area contributed by atoms with E-state index in [0.717, 1.165) is 50.0 Å². The number of phenolic OH excluding ortho intramolecular Hbond substituents is 1. The molecule has 2 saturated heterocycles. The molecule has 3 N–H and O–H groups in total. The number of carbonyl (C=O) groups excluding carboxylic acids is 1. The highest BCUT2D eigenvalue weighted by Crippen LogP contribution is 2.35. The average molecular weight is 644 g/mol. The van der Waals surface area contributed by atoms with Crippen LogP contribution in [0.5, 0.6) is 11.5 Å². The summed E-state index contributed by atoms with van der Waals surface area (Å²) >= 11 is 12.6. The third-order valence-electron chi connectivity index (χ3n) is 8.88. The van der Waals surface area contributed by atoms with Crippen LogP contribution in [0.1, 0.15) is 30.9 Å². The minimum atomic E-state index is -0.523. The molecule has 0 unspecified atom stereocenters. The second-order valence-corrected chi connectivity index (χ2v) is 12.5. The molecule has 5 rings (SSSR count). The molecular weight excluding hydrogens is 602 g/mol. The molecule has 44 heavy (non-hydrogen) atoms. The number of aromatic hydroxyl groups is 1. The number of amides is 1. The van der Waals surface area contributed by atoms with Crippen molar-refractivity contribution >= 4 is 29.1 Å². The normalized spacial score (nSPS) is 17.5. The fourth-order valence-corrected chi connectivity index (χ4v) is 6.68. The summed E-state index contributed by atoms with van der Waals surface area (Å²) in [4.78, 5) is 19.8. The van der Waals surface area contributed by atoms with Gasteiger partial charge in [0.2, 0.25) is 5.91 Å². The summed E-state index contributed by atoms with van der Waals surface area (Å²) in [7, 11) is 0. The molecule has 3 aromatic rings. The van der Waals surface area contributed by atoms with Crippen molar-refractivity contribution in [2.24, 2.45) is 11.7 Å². The van der Waals surface area contributed by atoms with E-state index >= 15 is 0 Å². The minimum absolute atomic E-state index is 0.00824. The molecule has 0 aliphatic carbocycles.